The molecule has 6 nitrogen and oxygen atoms in total. The summed E-state index contributed by atoms with van der Waals surface area (Å²) in [6.45, 7) is 10.6. The van der Waals surface area contributed by atoms with Crippen molar-refractivity contribution >= 4 is 21.8 Å². The molecule has 0 saturated carbocycles. The van der Waals surface area contributed by atoms with Gasteiger partial charge in [-0.05, 0) is 30.5 Å². The van der Waals surface area contributed by atoms with E-state index < -0.39 is 16.1 Å². The molecule has 31 heavy (non-hydrogen) atoms. The van der Waals surface area contributed by atoms with Crippen molar-refractivity contribution in [2.45, 2.75) is 57.4 Å². The lowest BCUT2D eigenvalue weighted by atomic mass is 9.83. The second-order valence-corrected chi connectivity index (χ2v) is 10.5. The molecule has 0 fully saturated rings. The summed E-state index contributed by atoms with van der Waals surface area (Å²) in [6.07, 6.45) is 0.741. The number of fused-ring (bicyclic) bond motifs is 1. The quantitative estimate of drug-likeness (QED) is 0.689. The average Bonchev–Trinajstić information content (AvgIpc) is 3.00. The van der Waals surface area contributed by atoms with Gasteiger partial charge in [0.05, 0.1) is 4.90 Å². The van der Waals surface area contributed by atoms with Crippen LogP contribution in [-0.4, -0.2) is 32.7 Å². The molecule has 2 atom stereocenters. The number of hydrogen-bond donors (Lipinski definition) is 2. The fourth-order valence-electron chi connectivity index (χ4n) is 3.62. The highest BCUT2D eigenvalue weighted by Gasteiger charge is 2.33. The first-order valence-electron chi connectivity index (χ1n) is 10.6. The van der Waals surface area contributed by atoms with E-state index in [4.69, 9.17) is 0 Å². The maximum absolute atomic E-state index is 13.2. The van der Waals surface area contributed by atoms with Crippen molar-refractivity contribution in [1.29, 1.82) is 0 Å². The number of carbonyl (C=O) groups is 1. The summed E-state index contributed by atoms with van der Waals surface area (Å²) in [5.74, 6) is -0.0213. The van der Waals surface area contributed by atoms with Crippen LogP contribution in [0.15, 0.2) is 58.4 Å². The monoisotopic (exact) mass is 441 g/mol. The summed E-state index contributed by atoms with van der Waals surface area (Å²) in [7, 11) is -3.65. The Hall–Kier alpha value is -2.67. The van der Waals surface area contributed by atoms with Crippen molar-refractivity contribution in [3.8, 4) is 0 Å². The minimum atomic E-state index is -3.65. The lowest BCUT2D eigenvalue weighted by molar-refractivity contribution is -0.123. The zero-order valence-corrected chi connectivity index (χ0v) is 19.6. The number of amides is 1. The number of carbonyl (C=O) groups excluding carboxylic acids is 1. The molecule has 3 rings (SSSR count). The van der Waals surface area contributed by atoms with Gasteiger partial charge < -0.3 is 5.32 Å². The van der Waals surface area contributed by atoms with Crippen LogP contribution in [0.2, 0.25) is 0 Å². The van der Waals surface area contributed by atoms with Crippen LogP contribution < -0.4 is 10.0 Å². The van der Waals surface area contributed by atoms with Crippen molar-refractivity contribution in [2.75, 3.05) is 6.54 Å². The summed E-state index contributed by atoms with van der Waals surface area (Å²) in [5.41, 5.74) is 2.57. The molecule has 0 aliphatic carbocycles. The zero-order valence-electron chi connectivity index (χ0n) is 18.8. The van der Waals surface area contributed by atoms with Crippen molar-refractivity contribution in [2.24, 2.45) is 10.9 Å². The van der Waals surface area contributed by atoms with Crippen LogP contribution in [0.1, 0.15) is 50.8 Å². The Morgan fingerprint density at radius 1 is 1.16 bits per heavy atom. The molecule has 166 valence electrons. The first kappa shape index (κ1) is 23.0. The smallest absolute Gasteiger partial charge is 0.263 e. The van der Waals surface area contributed by atoms with Gasteiger partial charge in [-0.3, -0.25) is 14.5 Å². The fourth-order valence-corrected chi connectivity index (χ4v) is 4.86. The van der Waals surface area contributed by atoms with Crippen molar-refractivity contribution < 1.29 is 13.2 Å². The normalized spacial score (nSPS) is 18.2. The van der Waals surface area contributed by atoms with Crippen LogP contribution in [0, 0.1) is 12.8 Å². The number of benzene rings is 2. The third kappa shape index (κ3) is 4.98. The Morgan fingerprint density at radius 3 is 2.55 bits per heavy atom. The third-order valence-electron chi connectivity index (χ3n) is 5.89. The number of nitrogens with zero attached hydrogens (tertiary/aromatic N) is 1. The van der Waals surface area contributed by atoms with Gasteiger partial charge in [-0.1, -0.05) is 76.1 Å². The first-order valence-corrected chi connectivity index (χ1v) is 12.1. The topological polar surface area (TPSA) is 87.6 Å². The van der Waals surface area contributed by atoms with Gasteiger partial charge in [-0.2, -0.15) is 0 Å². The molecule has 1 aliphatic heterocycles. The van der Waals surface area contributed by atoms with E-state index in [-0.39, 0.29) is 28.0 Å². The van der Waals surface area contributed by atoms with Gasteiger partial charge in [0.25, 0.3) is 10.0 Å². The summed E-state index contributed by atoms with van der Waals surface area (Å²) >= 11 is 0. The van der Waals surface area contributed by atoms with Gasteiger partial charge >= 0.3 is 0 Å². The molecule has 0 saturated heterocycles. The molecular weight excluding hydrogens is 410 g/mol. The fraction of sp³-hybridized carbons (Fsp3) is 0.417. The van der Waals surface area contributed by atoms with E-state index in [0.717, 1.165) is 12.0 Å². The highest BCUT2D eigenvalue weighted by Crippen LogP contribution is 2.25. The zero-order chi connectivity index (χ0) is 22.8. The van der Waals surface area contributed by atoms with E-state index in [2.05, 4.69) is 41.0 Å². The van der Waals surface area contributed by atoms with E-state index in [0.29, 0.717) is 12.1 Å². The van der Waals surface area contributed by atoms with Gasteiger partial charge in [0.2, 0.25) is 5.91 Å². The van der Waals surface area contributed by atoms with Gasteiger partial charge in [-0.15, -0.1) is 0 Å². The average molecular weight is 442 g/mol. The molecule has 7 heteroatoms. The van der Waals surface area contributed by atoms with Crippen LogP contribution in [-0.2, 0) is 20.2 Å². The van der Waals surface area contributed by atoms with Crippen LogP contribution in [0.5, 0.6) is 0 Å². The van der Waals surface area contributed by atoms with E-state index in [1.54, 1.807) is 24.3 Å². The van der Waals surface area contributed by atoms with Gasteiger partial charge in [0.15, 0.2) is 0 Å². The SMILES string of the molecule is CC[C@H](C)[C@H](N=C1NS(=O)(=O)c2ccccc21)C(=O)NCC(C)(C)c1cccc(C)c1. The Balaban J connectivity index is 1.84. The maximum Gasteiger partial charge on any atom is 0.263 e. The van der Waals surface area contributed by atoms with Crippen molar-refractivity contribution in [1.82, 2.24) is 10.0 Å². The molecule has 1 amide bonds. The Morgan fingerprint density at radius 2 is 1.87 bits per heavy atom. The van der Waals surface area contributed by atoms with Gasteiger partial charge in [0.1, 0.15) is 11.9 Å². The summed E-state index contributed by atoms with van der Waals surface area (Å²) in [4.78, 5) is 17.9. The number of aryl methyl sites for hydroxylation is 1. The van der Waals surface area contributed by atoms with Crippen LogP contribution in [0.4, 0.5) is 0 Å². The molecule has 0 spiro atoms. The number of aliphatic imine (C=N–C) groups is 1. The number of amidine groups is 1. The lowest BCUT2D eigenvalue weighted by Crippen LogP contribution is -2.44. The molecule has 1 aliphatic rings. The molecule has 2 aromatic carbocycles. The molecule has 2 aromatic rings. The molecule has 1 heterocycles. The van der Waals surface area contributed by atoms with Gasteiger partial charge in [0, 0.05) is 17.5 Å². The molecule has 0 unspecified atom stereocenters. The molecular formula is C24H31N3O3S. The molecule has 0 aromatic heterocycles. The minimum absolute atomic E-state index is 0.0492. The largest absolute Gasteiger partial charge is 0.353 e. The van der Waals surface area contributed by atoms with E-state index in [1.807, 2.05) is 32.9 Å². The third-order valence-corrected chi connectivity index (χ3v) is 7.28. The summed E-state index contributed by atoms with van der Waals surface area (Å²) in [5, 5.41) is 3.05. The summed E-state index contributed by atoms with van der Waals surface area (Å²) in [6, 6.07) is 14.3. The van der Waals surface area contributed by atoms with E-state index in [1.165, 1.54) is 5.56 Å². The highest BCUT2D eigenvalue weighted by molar-refractivity contribution is 7.90. The first-order chi connectivity index (χ1) is 14.5. The Labute approximate surface area is 185 Å². The number of rotatable bonds is 7. The van der Waals surface area contributed by atoms with Crippen LogP contribution in [0.25, 0.3) is 0 Å². The van der Waals surface area contributed by atoms with Crippen molar-refractivity contribution in [3.63, 3.8) is 0 Å². The van der Waals surface area contributed by atoms with Gasteiger partial charge in [-0.25, -0.2) is 8.42 Å². The lowest BCUT2D eigenvalue weighted by Gasteiger charge is -2.28. The molecule has 0 radical (unpaired) electrons. The minimum Gasteiger partial charge on any atom is -0.353 e. The number of sulfonamides is 1. The maximum atomic E-state index is 13.2. The van der Waals surface area contributed by atoms with E-state index >= 15 is 0 Å². The Kier molecular flexibility index (Phi) is 6.55. The predicted octanol–water partition coefficient (Wildman–Crippen LogP) is 3.54. The van der Waals surface area contributed by atoms with E-state index in [9.17, 15) is 13.2 Å². The number of hydrogen-bond acceptors (Lipinski definition) is 4. The second-order valence-electron chi connectivity index (χ2n) is 8.88. The highest BCUT2D eigenvalue weighted by atomic mass is 32.2. The van der Waals surface area contributed by atoms with Crippen molar-refractivity contribution in [3.05, 3.63) is 65.2 Å². The summed E-state index contributed by atoms with van der Waals surface area (Å²) < 4.78 is 27.3. The second kappa shape index (κ2) is 8.83. The molecule has 2 N–H and O–H groups in total. The standard InChI is InChI=1S/C24H31N3O3S/c1-6-17(3)21(26-22-19-12-7-8-13-20(19)31(29,30)27-22)23(28)25-15-24(4,5)18-11-9-10-16(2)14-18/h7-14,17,21H,6,15H2,1-5H3,(H,25,28)(H,26,27)/t17-,21-/m0/s1. The number of nitrogens with one attached hydrogen (secondary N) is 2. The molecule has 0 bridgehead atoms. The predicted molar refractivity (Wildman–Crippen MR) is 124 cm³/mol. The van der Waals surface area contributed by atoms with Crippen LogP contribution in [0.3, 0.4) is 0 Å². The Bertz CT molecular complexity index is 1110. The van der Waals surface area contributed by atoms with Crippen LogP contribution >= 0.6 is 0 Å².